The van der Waals surface area contributed by atoms with Crippen molar-refractivity contribution in [1.29, 1.82) is 0 Å². The van der Waals surface area contributed by atoms with Crippen LogP contribution in [0.3, 0.4) is 0 Å². The number of hydrogen-bond acceptors (Lipinski definition) is 7. The van der Waals surface area contributed by atoms with Crippen molar-refractivity contribution in [3.63, 3.8) is 0 Å². The van der Waals surface area contributed by atoms with Crippen molar-refractivity contribution in [2.45, 2.75) is 33.1 Å². The van der Waals surface area contributed by atoms with Crippen LogP contribution in [-0.4, -0.2) is 53.0 Å². The molecule has 4 aromatic rings. The SMILES string of the molecule is COCc1ccc(C(C)=O)c2sc(C(=O)Nc3ccc4c(CN5CC(O)C5)cccc4n3)c(C)c12.Cl.Cl. The summed E-state index contributed by atoms with van der Waals surface area (Å²) in [6.07, 6.45) is -0.237. The first-order valence-corrected chi connectivity index (χ1v) is 12.3. The second kappa shape index (κ2) is 11.9. The molecule has 196 valence electrons. The van der Waals surface area contributed by atoms with Crippen LogP contribution in [0.25, 0.3) is 21.0 Å². The fourth-order valence-corrected chi connectivity index (χ4v) is 6.03. The number of aliphatic hydroxyl groups excluding tert-OH is 1. The smallest absolute Gasteiger partial charge is 0.267 e. The predicted molar refractivity (Wildman–Crippen MR) is 153 cm³/mol. The topological polar surface area (TPSA) is 91.8 Å². The molecule has 0 saturated carbocycles. The number of nitrogens with one attached hydrogen (secondary N) is 1. The first-order valence-electron chi connectivity index (χ1n) is 11.5. The number of aryl methyl sites for hydroxylation is 1. The molecule has 2 N–H and O–H groups in total. The van der Waals surface area contributed by atoms with Crippen LogP contribution in [0.1, 0.15) is 43.6 Å². The number of carbonyl (C=O) groups is 2. The zero-order valence-corrected chi connectivity index (χ0v) is 23.2. The summed E-state index contributed by atoms with van der Waals surface area (Å²) in [7, 11) is 1.63. The summed E-state index contributed by atoms with van der Waals surface area (Å²) in [5.41, 5.74) is 4.33. The highest BCUT2D eigenvalue weighted by Crippen LogP contribution is 2.37. The van der Waals surface area contributed by atoms with E-state index in [1.165, 1.54) is 18.3 Å². The second-order valence-electron chi connectivity index (χ2n) is 9.00. The first-order chi connectivity index (χ1) is 16.9. The Labute approximate surface area is 231 Å². The molecule has 5 rings (SSSR count). The second-order valence-corrected chi connectivity index (χ2v) is 10.0. The third-order valence-corrected chi connectivity index (χ3v) is 7.77. The van der Waals surface area contributed by atoms with Crippen molar-refractivity contribution in [1.82, 2.24) is 9.88 Å². The molecule has 0 spiro atoms. The van der Waals surface area contributed by atoms with Crippen molar-refractivity contribution in [3.8, 4) is 0 Å². The number of pyridine rings is 1. The summed E-state index contributed by atoms with van der Waals surface area (Å²) in [5.74, 6) is 0.186. The zero-order chi connectivity index (χ0) is 24.7. The largest absolute Gasteiger partial charge is 0.390 e. The maximum absolute atomic E-state index is 13.3. The Morgan fingerprint density at radius 3 is 2.57 bits per heavy atom. The Morgan fingerprint density at radius 2 is 1.89 bits per heavy atom. The summed E-state index contributed by atoms with van der Waals surface area (Å²) in [6.45, 7) is 5.97. The predicted octanol–water partition coefficient (Wildman–Crippen LogP) is 5.38. The number of carbonyl (C=O) groups excluding carboxylic acids is 2. The van der Waals surface area contributed by atoms with E-state index in [-0.39, 0.29) is 42.6 Å². The molecule has 1 aliphatic heterocycles. The van der Waals surface area contributed by atoms with Gasteiger partial charge in [-0.3, -0.25) is 14.5 Å². The minimum atomic E-state index is -0.251. The third kappa shape index (κ3) is 5.65. The van der Waals surface area contributed by atoms with Gasteiger partial charge in [0.05, 0.1) is 23.1 Å². The number of thiophene rings is 1. The van der Waals surface area contributed by atoms with Crippen molar-refractivity contribution in [2.75, 3.05) is 25.5 Å². The number of amides is 1. The molecule has 1 amide bonds. The van der Waals surface area contributed by atoms with Gasteiger partial charge >= 0.3 is 0 Å². The Bertz CT molecular complexity index is 1470. The average Bonchev–Trinajstić information content (AvgIpc) is 3.16. The number of aromatic nitrogens is 1. The number of likely N-dealkylation sites (tertiary alicyclic amines) is 1. The Balaban J connectivity index is 0.00000190. The number of Topliss-reactive ketones (excluding diaryl/α,β-unsaturated/α-hetero) is 1. The van der Waals surface area contributed by atoms with Gasteiger partial charge < -0.3 is 15.2 Å². The maximum atomic E-state index is 13.3. The van der Waals surface area contributed by atoms with Gasteiger partial charge in [0.15, 0.2) is 5.78 Å². The molecule has 2 aromatic carbocycles. The molecule has 10 heteroatoms. The number of ether oxygens (including phenoxy) is 1. The lowest BCUT2D eigenvalue weighted by Gasteiger charge is -2.36. The lowest BCUT2D eigenvalue weighted by atomic mass is 10.0. The van der Waals surface area contributed by atoms with Gasteiger partial charge in [-0.25, -0.2) is 4.98 Å². The number of nitrogens with zero attached hydrogens (tertiary/aromatic N) is 2. The molecular weight excluding hydrogens is 533 g/mol. The minimum Gasteiger partial charge on any atom is -0.390 e. The van der Waals surface area contributed by atoms with Gasteiger partial charge in [0.2, 0.25) is 0 Å². The maximum Gasteiger partial charge on any atom is 0.267 e. The lowest BCUT2D eigenvalue weighted by molar-refractivity contribution is -0.00263. The number of benzene rings is 2. The zero-order valence-electron chi connectivity index (χ0n) is 20.7. The van der Waals surface area contributed by atoms with Crippen LogP contribution >= 0.6 is 36.2 Å². The van der Waals surface area contributed by atoms with Crippen molar-refractivity contribution in [2.24, 2.45) is 0 Å². The molecule has 1 fully saturated rings. The normalized spacial score (nSPS) is 13.6. The number of ketones is 1. The van der Waals surface area contributed by atoms with Gasteiger partial charge in [0.25, 0.3) is 5.91 Å². The number of anilines is 1. The van der Waals surface area contributed by atoms with E-state index >= 15 is 0 Å². The van der Waals surface area contributed by atoms with Crippen LogP contribution in [-0.2, 0) is 17.9 Å². The Kier molecular flexibility index (Phi) is 9.28. The number of methoxy groups -OCH3 is 1. The molecule has 0 unspecified atom stereocenters. The monoisotopic (exact) mass is 561 g/mol. The number of β-amino-alcohol motifs (C(OH)–C–C–N with tert-alkyl or cyclic N) is 1. The van der Waals surface area contributed by atoms with Gasteiger partial charge in [-0.2, -0.15) is 0 Å². The molecule has 0 radical (unpaired) electrons. The van der Waals surface area contributed by atoms with Crippen molar-refractivity contribution in [3.05, 3.63) is 69.6 Å². The van der Waals surface area contributed by atoms with E-state index in [1.807, 2.05) is 37.3 Å². The molecule has 0 bridgehead atoms. The quantitative estimate of drug-likeness (QED) is 0.294. The Hall–Kier alpha value is -2.59. The van der Waals surface area contributed by atoms with Crippen molar-refractivity contribution >= 4 is 74.6 Å². The molecule has 2 aromatic heterocycles. The molecule has 0 atom stereocenters. The average molecular weight is 563 g/mol. The van der Waals surface area contributed by atoms with E-state index in [2.05, 4.69) is 21.3 Å². The first kappa shape index (κ1) is 29.0. The van der Waals surface area contributed by atoms with E-state index in [0.717, 1.165) is 44.2 Å². The van der Waals surface area contributed by atoms with Crippen LogP contribution in [0, 0.1) is 6.92 Å². The highest BCUT2D eigenvalue weighted by Gasteiger charge is 2.25. The number of fused-ring (bicyclic) bond motifs is 2. The van der Waals surface area contributed by atoms with E-state index in [1.54, 1.807) is 13.2 Å². The van der Waals surface area contributed by atoms with Crippen molar-refractivity contribution < 1.29 is 19.4 Å². The molecule has 1 aliphatic rings. The van der Waals surface area contributed by atoms with E-state index in [4.69, 9.17) is 4.74 Å². The Morgan fingerprint density at radius 1 is 1.14 bits per heavy atom. The molecule has 3 heterocycles. The molecule has 1 saturated heterocycles. The van der Waals surface area contributed by atoms with Gasteiger partial charge in [-0.05, 0) is 54.8 Å². The third-order valence-electron chi connectivity index (χ3n) is 6.44. The highest BCUT2D eigenvalue weighted by molar-refractivity contribution is 7.21. The number of rotatable bonds is 7. The minimum absolute atomic E-state index is 0. The van der Waals surface area contributed by atoms with Gasteiger partial charge in [-0.1, -0.05) is 18.2 Å². The molecule has 7 nitrogen and oxygen atoms in total. The van der Waals surface area contributed by atoms with Gasteiger partial charge in [0, 0.05) is 47.8 Å². The fraction of sp³-hybridized carbons (Fsp3) is 0.296. The van der Waals surface area contributed by atoms with Crippen LogP contribution in [0.15, 0.2) is 42.5 Å². The summed E-state index contributed by atoms with van der Waals surface area (Å²) in [5, 5.41) is 14.4. The van der Waals surface area contributed by atoms with Gasteiger partial charge in [0.1, 0.15) is 5.82 Å². The summed E-state index contributed by atoms with van der Waals surface area (Å²) in [6, 6.07) is 13.5. The van der Waals surface area contributed by atoms with E-state index < -0.39 is 0 Å². The van der Waals surface area contributed by atoms with Crippen LogP contribution < -0.4 is 5.32 Å². The van der Waals surface area contributed by atoms with Crippen LogP contribution in [0.5, 0.6) is 0 Å². The number of aliphatic hydroxyl groups is 1. The fourth-order valence-electron chi connectivity index (χ4n) is 4.71. The highest BCUT2D eigenvalue weighted by atomic mass is 35.5. The molecule has 37 heavy (non-hydrogen) atoms. The van der Waals surface area contributed by atoms with Crippen LogP contribution in [0.4, 0.5) is 5.82 Å². The van der Waals surface area contributed by atoms with E-state index in [9.17, 15) is 14.7 Å². The van der Waals surface area contributed by atoms with E-state index in [0.29, 0.717) is 36.0 Å². The standard InChI is InChI=1S/C27H27N3O4S.2ClH/c1-15-24-18(14-34-3)7-8-20(16(2)31)26(24)35-25(15)27(33)29-23-10-9-21-17(5-4-6-22(21)28-23)11-30-12-19(32)13-30;;/h4-10,19,32H,11-14H2,1-3H3,(H,28,29,33);2*1H. The summed E-state index contributed by atoms with van der Waals surface area (Å²) >= 11 is 1.33. The molecular formula is C27H29Cl2N3O4S. The number of halogens is 2. The molecule has 0 aliphatic carbocycles. The summed E-state index contributed by atoms with van der Waals surface area (Å²) in [4.78, 5) is 32.9. The lowest BCUT2D eigenvalue weighted by Crippen LogP contribution is -2.49. The van der Waals surface area contributed by atoms with Crippen LogP contribution in [0.2, 0.25) is 0 Å². The van der Waals surface area contributed by atoms with Gasteiger partial charge in [-0.15, -0.1) is 36.2 Å². The summed E-state index contributed by atoms with van der Waals surface area (Å²) < 4.78 is 6.15. The number of hydrogen-bond donors (Lipinski definition) is 2.